The van der Waals surface area contributed by atoms with Gasteiger partial charge in [0.05, 0.1) is 16.3 Å². The number of aromatic nitrogens is 3. The lowest BCUT2D eigenvalue weighted by atomic mass is 10.2. The second-order valence-electron chi connectivity index (χ2n) is 4.46. The van der Waals surface area contributed by atoms with Crippen LogP contribution < -0.4 is 5.73 Å². The van der Waals surface area contributed by atoms with Crippen LogP contribution in [0.3, 0.4) is 0 Å². The van der Waals surface area contributed by atoms with Crippen LogP contribution in [-0.2, 0) is 12.8 Å². The molecule has 2 N–H and O–H groups in total. The second kappa shape index (κ2) is 5.28. The molecule has 0 saturated heterocycles. The van der Waals surface area contributed by atoms with E-state index in [1.165, 1.54) is 0 Å². The van der Waals surface area contributed by atoms with E-state index in [0.29, 0.717) is 41.4 Å². The van der Waals surface area contributed by atoms with Crippen LogP contribution in [0.5, 0.6) is 0 Å². The maximum Gasteiger partial charge on any atom is 0.313 e. The number of nitrogens with zero attached hydrogens (tertiary/aromatic N) is 4. The van der Waals surface area contributed by atoms with E-state index < -0.39 is 0 Å². The van der Waals surface area contributed by atoms with Crippen LogP contribution >= 0.6 is 0 Å². The van der Waals surface area contributed by atoms with Crippen LogP contribution in [0.2, 0.25) is 0 Å². The Morgan fingerprint density at radius 1 is 1.35 bits per heavy atom. The Hall–Kier alpha value is -2.44. The number of nitrogen functional groups attached to an aromatic ring is 1. The lowest BCUT2D eigenvalue weighted by Crippen LogP contribution is -2.06. The third-order valence-corrected chi connectivity index (χ3v) is 3.20. The molecular formula is C13H17N5O2. The Labute approximate surface area is 116 Å². The number of hydrogen-bond donors (Lipinski definition) is 1. The molecule has 0 spiro atoms. The molecule has 20 heavy (non-hydrogen) atoms. The molecular weight excluding hydrogens is 258 g/mol. The number of nitro groups is 1. The molecule has 0 bridgehead atoms. The van der Waals surface area contributed by atoms with Crippen LogP contribution in [-0.4, -0.2) is 19.7 Å². The van der Waals surface area contributed by atoms with E-state index in [9.17, 15) is 10.1 Å². The molecule has 2 aromatic rings. The predicted molar refractivity (Wildman–Crippen MR) is 75.9 cm³/mol. The first-order valence-electron chi connectivity index (χ1n) is 6.48. The highest BCUT2D eigenvalue weighted by atomic mass is 16.6. The molecule has 7 nitrogen and oxygen atoms in total. The topological polar surface area (TPSA) is 99.9 Å². The van der Waals surface area contributed by atoms with Crippen LogP contribution in [0.4, 0.5) is 11.4 Å². The van der Waals surface area contributed by atoms with Crippen molar-refractivity contribution in [2.45, 2.75) is 33.6 Å². The highest BCUT2D eigenvalue weighted by molar-refractivity contribution is 5.49. The van der Waals surface area contributed by atoms with Crippen LogP contribution in [0.25, 0.3) is 5.82 Å². The molecule has 0 atom stereocenters. The van der Waals surface area contributed by atoms with Gasteiger partial charge in [0, 0.05) is 0 Å². The quantitative estimate of drug-likeness (QED) is 0.681. The molecule has 2 rings (SSSR count). The Morgan fingerprint density at radius 3 is 2.55 bits per heavy atom. The van der Waals surface area contributed by atoms with Gasteiger partial charge >= 0.3 is 5.69 Å². The van der Waals surface area contributed by atoms with Crippen LogP contribution in [0, 0.1) is 17.0 Å². The number of nitrogens with two attached hydrogens (primary N) is 1. The lowest BCUT2D eigenvalue weighted by molar-refractivity contribution is -0.386. The SMILES string of the molecule is CCc1nn(-c2ccc(N)c(C)n2)c(CC)c1[N+](=O)[O-]. The summed E-state index contributed by atoms with van der Waals surface area (Å²) >= 11 is 0. The fourth-order valence-corrected chi connectivity index (χ4v) is 2.13. The third kappa shape index (κ3) is 2.22. The zero-order valence-electron chi connectivity index (χ0n) is 11.8. The van der Waals surface area contributed by atoms with E-state index in [2.05, 4.69) is 10.1 Å². The highest BCUT2D eigenvalue weighted by Crippen LogP contribution is 2.27. The Bertz CT molecular complexity index is 663. The minimum atomic E-state index is -0.370. The first-order chi connectivity index (χ1) is 9.49. The maximum absolute atomic E-state index is 11.2. The van der Waals surface area contributed by atoms with Gasteiger partial charge in [0.15, 0.2) is 5.82 Å². The first-order valence-corrected chi connectivity index (χ1v) is 6.48. The van der Waals surface area contributed by atoms with Crippen molar-refractivity contribution in [3.05, 3.63) is 39.3 Å². The largest absolute Gasteiger partial charge is 0.397 e. The van der Waals surface area contributed by atoms with Crippen molar-refractivity contribution in [2.24, 2.45) is 0 Å². The molecule has 0 radical (unpaired) electrons. The molecule has 2 heterocycles. The van der Waals surface area contributed by atoms with Gasteiger partial charge in [-0.15, -0.1) is 0 Å². The van der Waals surface area contributed by atoms with Crippen molar-refractivity contribution in [3.63, 3.8) is 0 Å². The minimum Gasteiger partial charge on any atom is -0.397 e. The summed E-state index contributed by atoms with van der Waals surface area (Å²) in [5.74, 6) is 0.552. The summed E-state index contributed by atoms with van der Waals surface area (Å²) in [6, 6.07) is 3.45. The minimum absolute atomic E-state index is 0.0891. The predicted octanol–water partition coefficient (Wildman–Crippen LogP) is 2.19. The Balaban J connectivity index is 2.67. The molecule has 0 aliphatic carbocycles. The standard InChI is InChI=1S/C13H17N5O2/c1-4-10-13(18(19)20)11(5-2)17(16-10)12-7-6-9(14)8(3)15-12/h6-7H,4-5,14H2,1-3H3. The van der Waals surface area contributed by atoms with Crippen LogP contribution in [0.1, 0.15) is 30.9 Å². The summed E-state index contributed by atoms with van der Waals surface area (Å²) < 4.78 is 1.55. The van der Waals surface area contributed by atoms with Gasteiger partial charge in [-0.05, 0) is 31.9 Å². The number of hydrogen-bond acceptors (Lipinski definition) is 5. The van der Waals surface area contributed by atoms with Gasteiger partial charge < -0.3 is 5.73 Å². The smallest absolute Gasteiger partial charge is 0.313 e. The molecule has 0 amide bonds. The Morgan fingerprint density at radius 2 is 2.05 bits per heavy atom. The molecule has 106 valence electrons. The third-order valence-electron chi connectivity index (χ3n) is 3.20. The van der Waals surface area contributed by atoms with Gasteiger partial charge in [0.1, 0.15) is 11.4 Å². The number of pyridine rings is 1. The maximum atomic E-state index is 11.2. The first kappa shape index (κ1) is 14.0. The zero-order chi connectivity index (χ0) is 14.9. The molecule has 0 aliphatic heterocycles. The summed E-state index contributed by atoms with van der Waals surface area (Å²) in [5.41, 5.74) is 8.14. The van der Waals surface area contributed by atoms with Crippen LogP contribution in [0.15, 0.2) is 12.1 Å². The number of aryl methyl sites for hydroxylation is 2. The van der Waals surface area contributed by atoms with E-state index in [1.54, 1.807) is 23.7 Å². The number of anilines is 1. The summed E-state index contributed by atoms with van der Waals surface area (Å²) in [5, 5.41) is 15.6. The van der Waals surface area contributed by atoms with Crippen molar-refractivity contribution in [1.29, 1.82) is 0 Å². The van der Waals surface area contributed by atoms with E-state index in [4.69, 9.17) is 5.73 Å². The van der Waals surface area contributed by atoms with Gasteiger partial charge in [-0.2, -0.15) is 5.10 Å². The van der Waals surface area contributed by atoms with Crippen molar-refractivity contribution in [2.75, 3.05) is 5.73 Å². The summed E-state index contributed by atoms with van der Waals surface area (Å²) in [6.07, 6.45) is 1.01. The van der Waals surface area contributed by atoms with Gasteiger partial charge in [-0.1, -0.05) is 13.8 Å². The molecule has 0 aromatic carbocycles. The molecule has 0 saturated carbocycles. The molecule has 2 aromatic heterocycles. The molecule has 0 aliphatic rings. The van der Waals surface area contributed by atoms with Gasteiger partial charge in [-0.3, -0.25) is 10.1 Å². The average molecular weight is 275 g/mol. The van der Waals surface area contributed by atoms with E-state index in [-0.39, 0.29) is 10.6 Å². The number of rotatable bonds is 4. The van der Waals surface area contributed by atoms with Gasteiger partial charge in [0.2, 0.25) is 0 Å². The fraction of sp³-hybridized carbons (Fsp3) is 0.385. The summed E-state index contributed by atoms with van der Waals surface area (Å²) in [7, 11) is 0. The second-order valence-corrected chi connectivity index (χ2v) is 4.46. The van der Waals surface area contributed by atoms with E-state index in [1.807, 2.05) is 13.8 Å². The van der Waals surface area contributed by atoms with Gasteiger partial charge in [-0.25, -0.2) is 9.67 Å². The molecule has 7 heteroatoms. The van der Waals surface area contributed by atoms with E-state index >= 15 is 0 Å². The summed E-state index contributed by atoms with van der Waals surface area (Å²) in [6.45, 7) is 5.51. The van der Waals surface area contributed by atoms with Gasteiger partial charge in [0.25, 0.3) is 0 Å². The zero-order valence-corrected chi connectivity index (χ0v) is 11.8. The molecule has 0 unspecified atom stereocenters. The normalized spacial score (nSPS) is 10.8. The Kier molecular flexibility index (Phi) is 3.69. The van der Waals surface area contributed by atoms with Crippen molar-refractivity contribution in [3.8, 4) is 5.82 Å². The monoisotopic (exact) mass is 275 g/mol. The summed E-state index contributed by atoms with van der Waals surface area (Å²) in [4.78, 5) is 15.2. The van der Waals surface area contributed by atoms with Crippen molar-refractivity contribution in [1.82, 2.24) is 14.8 Å². The van der Waals surface area contributed by atoms with Crippen molar-refractivity contribution >= 4 is 11.4 Å². The van der Waals surface area contributed by atoms with E-state index in [0.717, 1.165) is 0 Å². The average Bonchev–Trinajstić information content (AvgIpc) is 2.80. The highest BCUT2D eigenvalue weighted by Gasteiger charge is 2.26. The lowest BCUT2D eigenvalue weighted by Gasteiger charge is -2.06. The fourth-order valence-electron chi connectivity index (χ4n) is 2.13. The molecule has 0 fully saturated rings. The van der Waals surface area contributed by atoms with Crippen molar-refractivity contribution < 1.29 is 4.92 Å².